The van der Waals surface area contributed by atoms with Crippen LogP contribution in [0.25, 0.3) is 0 Å². The van der Waals surface area contributed by atoms with E-state index < -0.39 is 0 Å². The second-order valence-corrected chi connectivity index (χ2v) is 4.95. The van der Waals surface area contributed by atoms with Gasteiger partial charge in [-0.05, 0) is 36.6 Å². The first-order chi connectivity index (χ1) is 10.3. The number of rotatable bonds is 3. The van der Waals surface area contributed by atoms with Gasteiger partial charge in [0.25, 0.3) is 5.91 Å². The Kier molecular flexibility index (Phi) is 3.73. The highest BCUT2D eigenvalue weighted by molar-refractivity contribution is 5.95. The largest absolute Gasteiger partial charge is 0.480 e. The van der Waals surface area contributed by atoms with Gasteiger partial charge in [-0.25, -0.2) is 4.98 Å². The van der Waals surface area contributed by atoms with E-state index in [9.17, 15) is 4.79 Å². The maximum Gasteiger partial charge on any atom is 0.264 e. The van der Waals surface area contributed by atoms with Gasteiger partial charge in [0.1, 0.15) is 0 Å². The zero-order valence-corrected chi connectivity index (χ0v) is 11.7. The van der Waals surface area contributed by atoms with Gasteiger partial charge in [-0.3, -0.25) is 4.79 Å². The first-order valence-electron chi connectivity index (χ1n) is 6.97. The van der Waals surface area contributed by atoms with Crippen LogP contribution in [0.15, 0.2) is 42.6 Å². The number of para-hydroxylation sites is 1. The van der Waals surface area contributed by atoms with Crippen molar-refractivity contribution in [3.63, 3.8) is 0 Å². The molecule has 3 rings (SSSR count). The minimum absolute atomic E-state index is 0.0375. The molecule has 2 aromatic rings. The summed E-state index contributed by atoms with van der Waals surface area (Å²) in [5.41, 5.74) is 7.89. The van der Waals surface area contributed by atoms with Gasteiger partial charge in [0.15, 0.2) is 18.2 Å². The van der Waals surface area contributed by atoms with Crippen molar-refractivity contribution >= 4 is 17.4 Å². The number of nitrogens with zero attached hydrogens (tertiary/aromatic N) is 2. The molecule has 0 radical (unpaired) electrons. The molecule has 1 aromatic carbocycles. The van der Waals surface area contributed by atoms with Crippen LogP contribution in [0.3, 0.4) is 0 Å². The lowest BCUT2D eigenvalue weighted by Crippen LogP contribution is -2.38. The van der Waals surface area contributed by atoms with Crippen molar-refractivity contribution in [2.24, 2.45) is 0 Å². The molecule has 0 saturated carbocycles. The normalized spacial score (nSPS) is 13.6. The number of aromatic nitrogens is 1. The molecule has 0 atom stereocenters. The van der Waals surface area contributed by atoms with Gasteiger partial charge < -0.3 is 15.4 Å². The Balaban J connectivity index is 1.71. The Morgan fingerprint density at radius 2 is 2.14 bits per heavy atom. The van der Waals surface area contributed by atoms with Crippen LogP contribution in [0.2, 0.25) is 0 Å². The Bertz CT molecular complexity index is 657. The van der Waals surface area contributed by atoms with Crippen molar-refractivity contribution < 1.29 is 9.53 Å². The van der Waals surface area contributed by atoms with Crippen molar-refractivity contribution in [1.82, 2.24) is 4.98 Å². The summed E-state index contributed by atoms with van der Waals surface area (Å²) >= 11 is 0. The van der Waals surface area contributed by atoms with E-state index in [0.29, 0.717) is 11.6 Å². The quantitative estimate of drug-likeness (QED) is 0.935. The van der Waals surface area contributed by atoms with Crippen LogP contribution in [0, 0.1) is 0 Å². The number of carbonyl (C=O) groups is 1. The van der Waals surface area contributed by atoms with Gasteiger partial charge in [0, 0.05) is 18.4 Å². The number of carbonyl (C=O) groups excluding carboxylic acids is 1. The molecule has 0 unspecified atom stereocenters. The number of benzene rings is 1. The van der Waals surface area contributed by atoms with Crippen molar-refractivity contribution in [1.29, 1.82) is 0 Å². The maximum atomic E-state index is 12.4. The van der Waals surface area contributed by atoms with Crippen LogP contribution in [0.1, 0.15) is 12.0 Å². The molecule has 1 aromatic heterocycles. The molecule has 108 valence electrons. The highest BCUT2D eigenvalue weighted by Gasteiger charge is 2.22. The van der Waals surface area contributed by atoms with Crippen LogP contribution in [0.4, 0.5) is 11.5 Å². The van der Waals surface area contributed by atoms with Crippen molar-refractivity contribution in [3.05, 3.63) is 48.2 Å². The van der Waals surface area contributed by atoms with Gasteiger partial charge in [0.05, 0.1) is 0 Å². The molecular formula is C16H17N3O2. The summed E-state index contributed by atoms with van der Waals surface area (Å²) in [6, 6.07) is 11.4. The van der Waals surface area contributed by atoms with Gasteiger partial charge in [-0.2, -0.15) is 0 Å². The molecule has 1 amide bonds. The fraction of sp³-hybridized carbons (Fsp3) is 0.250. The van der Waals surface area contributed by atoms with Crippen LogP contribution < -0.4 is 15.4 Å². The fourth-order valence-corrected chi connectivity index (χ4v) is 2.53. The van der Waals surface area contributed by atoms with Gasteiger partial charge in [-0.15, -0.1) is 0 Å². The third-order valence-electron chi connectivity index (χ3n) is 3.56. The summed E-state index contributed by atoms with van der Waals surface area (Å²) in [6.45, 7) is 0.686. The summed E-state index contributed by atoms with van der Waals surface area (Å²) in [7, 11) is 0. The van der Waals surface area contributed by atoms with E-state index >= 15 is 0 Å². The van der Waals surface area contributed by atoms with E-state index in [2.05, 4.69) is 11.1 Å². The number of hydrogen-bond acceptors (Lipinski definition) is 4. The second kappa shape index (κ2) is 5.83. The topological polar surface area (TPSA) is 68.5 Å². The van der Waals surface area contributed by atoms with Gasteiger partial charge >= 0.3 is 0 Å². The third kappa shape index (κ3) is 2.81. The Hall–Kier alpha value is -2.56. The molecule has 21 heavy (non-hydrogen) atoms. The fourth-order valence-electron chi connectivity index (χ4n) is 2.53. The van der Waals surface area contributed by atoms with Crippen molar-refractivity contribution in [2.75, 3.05) is 23.8 Å². The van der Waals surface area contributed by atoms with Gasteiger partial charge in [0.2, 0.25) is 0 Å². The number of pyridine rings is 1. The summed E-state index contributed by atoms with van der Waals surface area (Å²) in [5, 5.41) is 0. The molecule has 1 aliphatic heterocycles. The number of ether oxygens (including phenoxy) is 1. The molecule has 5 heteroatoms. The van der Waals surface area contributed by atoms with E-state index in [1.165, 1.54) is 5.56 Å². The van der Waals surface area contributed by atoms with Crippen LogP contribution in [-0.4, -0.2) is 24.0 Å². The minimum atomic E-state index is -0.0644. The van der Waals surface area contributed by atoms with E-state index in [0.717, 1.165) is 25.1 Å². The molecule has 0 fully saturated rings. The van der Waals surface area contributed by atoms with Crippen molar-refractivity contribution in [3.8, 4) is 5.75 Å². The third-order valence-corrected chi connectivity index (χ3v) is 3.56. The molecule has 5 nitrogen and oxygen atoms in total. The molecule has 1 aliphatic rings. The number of nitrogens with two attached hydrogens (primary N) is 1. The summed E-state index contributed by atoms with van der Waals surface area (Å²) in [6.07, 6.45) is 3.57. The summed E-state index contributed by atoms with van der Waals surface area (Å²) < 4.78 is 5.49. The van der Waals surface area contributed by atoms with Crippen LogP contribution >= 0.6 is 0 Å². The highest BCUT2D eigenvalue weighted by atomic mass is 16.5. The predicted molar refractivity (Wildman–Crippen MR) is 81.3 cm³/mol. The lowest BCUT2D eigenvalue weighted by molar-refractivity contribution is -0.120. The monoisotopic (exact) mass is 283 g/mol. The molecule has 0 spiro atoms. The zero-order valence-electron chi connectivity index (χ0n) is 11.7. The number of hydrogen-bond donors (Lipinski definition) is 1. The molecule has 2 heterocycles. The predicted octanol–water partition coefficient (Wildman–Crippen LogP) is 2.02. The smallest absolute Gasteiger partial charge is 0.264 e. The first kappa shape index (κ1) is 13.4. The Labute approximate surface area is 123 Å². The molecular weight excluding hydrogens is 266 g/mol. The Morgan fingerprint density at radius 3 is 3.00 bits per heavy atom. The molecule has 0 aliphatic carbocycles. The summed E-state index contributed by atoms with van der Waals surface area (Å²) in [4.78, 5) is 18.1. The maximum absolute atomic E-state index is 12.4. The number of amides is 1. The second-order valence-electron chi connectivity index (χ2n) is 4.95. The molecule has 0 bridgehead atoms. The SMILES string of the molecule is Nc1ncccc1OCC(=O)N1CCCc2ccccc21. The number of aryl methyl sites for hydroxylation is 1. The number of nitrogen functional groups attached to an aromatic ring is 1. The standard InChI is InChI=1S/C16H17N3O2/c17-16-14(8-3-9-18-16)21-11-15(20)19-10-4-6-12-5-1-2-7-13(12)19/h1-3,5,7-9H,4,6,10-11H2,(H2,17,18). The highest BCUT2D eigenvalue weighted by Crippen LogP contribution is 2.27. The minimum Gasteiger partial charge on any atom is -0.480 e. The van der Waals surface area contributed by atoms with Crippen molar-refractivity contribution in [2.45, 2.75) is 12.8 Å². The molecule has 2 N–H and O–H groups in total. The summed E-state index contributed by atoms with van der Waals surface area (Å²) in [5.74, 6) is 0.672. The van der Waals surface area contributed by atoms with E-state index in [1.807, 2.05) is 18.2 Å². The number of anilines is 2. The average Bonchev–Trinajstić information content (AvgIpc) is 2.53. The lowest BCUT2D eigenvalue weighted by Gasteiger charge is -2.29. The van der Waals surface area contributed by atoms with Crippen LogP contribution in [-0.2, 0) is 11.2 Å². The Morgan fingerprint density at radius 1 is 1.29 bits per heavy atom. The van der Waals surface area contributed by atoms with E-state index in [-0.39, 0.29) is 12.5 Å². The average molecular weight is 283 g/mol. The zero-order chi connectivity index (χ0) is 14.7. The van der Waals surface area contributed by atoms with E-state index in [4.69, 9.17) is 10.5 Å². The van der Waals surface area contributed by atoms with E-state index in [1.54, 1.807) is 23.2 Å². The van der Waals surface area contributed by atoms with Gasteiger partial charge in [-0.1, -0.05) is 18.2 Å². The van der Waals surface area contributed by atoms with Crippen LogP contribution in [0.5, 0.6) is 5.75 Å². The lowest BCUT2D eigenvalue weighted by atomic mass is 10.0. The first-order valence-corrected chi connectivity index (χ1v) is 6.97. The number of fused-ring (bicyclic) bond motifs is 1. The molecule has 0 saturated heterocycles.